The summed E-state index contributed by atoms with van der Waals surface area (Å²) in [5.74, 6) is -0.736. The Morgan fingerprint density at radius 3 is 2.82 bits per heavy atom. The zero-order valence-electron chi connectivity index (χ0n) is 10.4. The number of hydrogen-bond acceptors (Lipinski definition) is 2. The van der Waals surface area contributed by atoms with Gasteiger partial charge in [0.15, 0.2) is 0 Å². The number of hydrogen-bond donors (Lipinski definition) is 1. The number of aliphatic carboxylic acids is 1. The first kappa shape index (κ1) is 12.0. The van der Waals surface area contributed by atoms with Crippen LogP contribution >= 0.6 is 0 Å². The third kappa shape index (κ3) is 2.43. The number of nitrogens with zero attached hydrogens (tertiary/aromatic N) is 1. The number of carboxylic acid groups (broad SMARTS) is 1. The van der Waals surface area contributed by atoms with Gasteiger partial charge in [0.2, 0.25) is 0 Å². The SMILES string of the molecule is CC(C)(CN1CCCc2ccccc21)C(=O)O. The van der Waals surface area contributed by atoms with Crippen molar-refractivity contribution >= 4 is 11.7 Å². The smallest absolute Gasteiger partial charge is 0.310 e. The molecule has 1 heterocycles. The van der Waals surface area contributed by atoms with Crippen LogP contribution in [0.15, 0.2) is 24.3 Å². The van der Waals surface area contributed by atoms with Crippen LogP contribution in [0.25, 0.3) is 0 Å². The Kier molecular flexibility index (Phi) is 3.09. The van der Waals surface area contributed by atoms with Crippen LogP contribution in [0.4, 0.5) is 5.69 Å². The summed E-state index contributed by atoms with van der Waals surface area (Å²) in [6.45, 7) is 5.09. The molecule has 0 saturated carbocycles. The highest BCUT2D eigenvalue weighted by molar-refractivity contribution is 5.75. The number of rotatable bonds is 3. The van der Waals surface area contributed by atoms with Gasteiger partial charge in [-0.25, -0.2) is 0 Å². The second-order valence-corrected chi connectivity index (χ2v) is 5.34. The summed E-state index contributed by atoms with van der Waals surface area (Å²) < 4.78 is 0. The lowest BCUT2D eigenvalue weighted by atomic mass is 9.91. The van der Waals surface area contributed by atoms with Crippen LogP contribution in [0.5, 0.6) is 0 Å². The Hall–Kier alpha value is -1.51. The average molecular weight is 233 g/mol. The van der Waals surface area contributed by atoms with E-state index >= 15 is 0 Å². The third-order valence-electron chi connectivity index (χ3n) is 3.37. The molecule has 0 fully saturated rings. The number of anilines is 1. The molecular formula is C14H19NO2. The van der Waals surface area contributed by atoms with Crippen molar-refractivity contribution in [1.82, 2.24) is 0 Å². The molecule has 0 unspecified atom stereocenters. The van der Waals surface area contributed by atoms with Crippen LogP contribution in [0, 0.1) is 5.41 Å². The van der Waals surface area contributed by atoms with Gasteiger partial charge in [-0.15, -0.1) is 0 Å². The van der Waals surface area contributed by atoms with E-state index in [1.807, 2.05) is 12.1 Å². The van der Waals surface area contributed by atoms with E-state index in [2.05, 4.69) is 17.0 Å². The molecule has 2 rings (SSSR count). The lowest BCUT2D eigenvalue weighted by Crippen LogP contribution is -2.41. The number of aryl methyl sites for hydroxylation is 1. The zero-order valence-corrected chi connectivity index (χ0v) is 10.4. The minimum atomic E-state index is -0.736. The molecule has 0 saturated heterocycles. The van der Waals surface area contributed by atoms with Gasteiger partial charge in [-0.05, 0) is 38.3 Å². The molecule has 3 nitrogen and oxygen atoms in total. The summed E-state index contributed by atoms with van der Waals surface area (Å²) in [5.41, 5.74) is 1.83. The molecule has 0 atom stereocenters. The van der Waals surface area contributed by atoms with Gasteiger partial charge in [0.1, 0.15) is 0 Å². The molecule has 1 aliphatic heterocycles. The lowest BCUT2D eigenvalue weighted by molar-refractivity contribution is -0.146. The molecular weight excluding hydrogens is 214 g/mol. The molecule has 17 heavy (non-hydrogen) atoms. The van der Waals surface area contributed by atoms with Crippen molar-refractivity contribution in [3.8, 4) is 0 Å². The van der Waals surface area contributed by atoms with Crippen LogP contribution in [0.3, 0.4) is 0 Å². The summed E-state index contributed by atoms with van der Waals surface area (Å²) in [7, 11) is 0. The largest absolute Gasteiger partial charge is 0.481 e. The van der Waals surface area contributed by atoms with E-state index in [-0.39, 0.29) is 0 Å². The Morgan fingerprint density at radius 2 is 2.12 bits per heavy atom. The topological polar surface area (TPSA) is 40.5 Å². The fourth-order valence-electron chi connectivity index (χ4n) is 2.32. The minimum absolute atomic E-state index is 0.569. The molecule has 1 aliphatic rings. The maximum atomic E-state index is 11.2. The predicted octanol–water partition coefficient (Wildman–Crippen LogP) is 2.55. The second-order valence-electron chi connectivity index (χ2n) is 5.34. The highest BCUT2D eigenvalue weighted by atomic mass is 16.4. The van der Waals surface area contributed by atoms with Gasteiger partial charge in [0.25, 0.3) is 0 Å². The van der Waals surface area contributed by atoms with E-state index in [0.29, 0.717) is 6.54 Å². The number of benzene rings is 1. The summed E-state index contributed by atoms with van der Waals surface area (Å²) >= 11 is 0. The summed E-state index contributed by atoms with van der Waals surface area (Å²) in [6.07, 6.45) is 2.20. The van der Waals surface area contributed by atoms with Crippen LogP contribution in [-0.2, 0) is 11.2 Å². The van der Waals surface area contributed by atoms with Gasteiger partial charge in [0.05, 0.1) is 5.41 Å². The van der Waals surface area contributed by atoms with Crippen molar-refractivity contribution in [2.45, 2.75) is 26.7 Å². The molecule has 1 aromatic carbocycles. The maximum absolute atomic E-state index is 11.2. The summed E-state index contributed by atoms with van der Waals surface area (Å²) in [6, 6.07) is 8.29. The molecule has 0 aromatic heterocycles. The van der Waals surface area contributed by atoms with Crippen LogP contribution in [0.2, 0.25) is 0 Å². The molecule has 0 spiro atoms. The first-order chi connectivity index (χ1) is 8.00. The van der Waals surface area contributed by atoms with E-state index in [9.17, 15) is 9.90 Å². The molecule has 0 bridgehead atoms. The number of para-hydroxylation sites is 1. The van der Waals surface area contributed by atoms with Crippen molar-refractivity contribution in [2.75, 3.05) is 18.0 Å². The van der Waals surface area contributed by atoms with Crippen molar-refractivity contribution in [3.05, 3.63) is 29.8 Å². The average Bonchev–Trinajstić information content (AvgIpc) is 2.29. The standard InChI is InChI=1S/C14H19NO2/c1-14(2,13(16)17)10-15-9-5-7-11-6-3-4-8-12(11)15/h3-4,6,8H,5,7,9-10H2,1-2H3,(H,16,17). The quantitative estimate of drug-likeness (QED) is 0.872. The molecule has 0 radical (unpaired) electrons. The number of fused-ring (bicyclic) bond motifs is 1. The van der Waals surface area contributed by atoms with E-state index in [4.69, 9.17) is 0 Å². The van der Waals surface area contributed by atoms with Gasteiger partial charge in [-0.2, -0.15) is 0 Å². The molecule has 0 amide bonds. The lowest BCUT2D eigenvalue weighted by Gasteiger charge is -2.35. The number of carboxylic acids is 1. The van der Waals surface area contributed by atoms with E-state index in [1.54, 1.807) is 13.8 Å². The van der Waals surface area contributed by atoms with Gasteiger partial charge < -0.3 is 10.0 Å². The van der Waals surface area contributed by atoms with Crippen molar-refractivity contribution in [3.63, 3.8) is 0 Å². The first-order valence-electron chi connectivity index (χ1n) is 6.07. The molecule has 1 N–H and O–H groups in total. The van der Waals surface area contributed by atoms with Crippen molar-refractivity contribution in [1.29, 1.82) is 0 Å². The summed E-state index contributed by atoms with van der Waals surface area (Å²) in [5, 5.41) is 9.19. The van der Waals surface area contributed by atoms with E-state index in [1.165, 1.54) is 11.3 Å². The highest BCUT2D eigenvalue weighted by Crippen LogP contribution is 2.29. The van der Waals surface area contributed by atoms with E-state index in [0.717, 1.165) is 19.4 Å². The highest BCUT2D eigenvalue weighted by Gasteiger charge is 2.31. The van der Waals surface area contributed by atoms with Gasteiger partial charge in [-0.3, -0.25) is 4.79 Å². The molecule has 3 heteroatoms. The monoisotopic (exact) mass is 233 g/mol. The first-order valence-corrected chi connectivity index (χ1v) is 6.07. The molecule has 92 valence electrons. The molecule has 0 aliphatic carbocycles. The van der Waals surface area contributed by atoms with Gasteiger partial charge >= 0.3 is 5.97 Å². The van der Waals surface area contributed by atoms with Crippen LogP contribution in [0.1, 0.15) is 25.8 Å². The zero-order chi connectivity index (χ0) is 12.5. The minimum Gasteiger partial charge on any atom is -0.481 e. The fraction of sp³-hybridized carbons (Fsp3) is 0.500. The maximum Gasteiger partial charge on any atom is 0.310 e. The third-order valence-corrected chi connectivity index (χ3v) is 3.37. The Labute approximate surface area is 102 Å². The van der Waals surface area contributed by atoms with Gasteiger partial charge in [-0.1, -0.05) is 18.2 Å². The predicted molar refractivity (Wildman–Crippen MR) is 68.4 cm³/mol. The fourth-order valence-corrected chi connectivity index (χ4v) is 2.32. The normalized spacial score (nSPS) is 15.5. The Balaban J connectivity index is 2.22. The Bertz CT molecular complexity index is 426. The number of carbonyl (C=O) groups is 1. The van der Waals surface area contributed by atoms with Crippen LogP contribution < -0.4 is 4.90 Å². The molecule has 1 aromatic rings. The van der Waals surface area contributed by atoms with Crippen molar-refractivity contribution in [2.24, 2.45) is 5.41 Å². The Morgan fingerprint density at radius 1 is 1.41 bits per heavy atom. The second kappa shape index (κ2) is 4.40. The van der Waals surface area contributed by atoms with Crippen LogP contribution in [-0.4, -0.2) is 24.2 Å². The summed E-state index contributed by atoms with van der Waals surface area (Å²) in [4.78, 5) is 13.4. The van der Waals surface area contributed by atoms with Gasteiger partial charge in [0, 0.05) is 18.8 Å². The van der Waals surface area contributed by atoms with Crippen molar-refractivity contribution < 1.29 is 9.90 Å². The van der Waals surface area contributed by atoms with E-state index < -0.39 is 11.4 Å².